The predicted octanol–water partition coefficient (Wildman–Crippen LogP) is 2.47. The van der Waals surface area contributed by atoms with Crippen molar-refractivity contribution in [3.05, 3.63) is 42.0 Å². The molecule has 0 amide bonds. The van der Waals surface area contributed by atoms with E-state index in [9.17, 15) is 4.79 Å². The Kier molecular flexibility index (Phi) is 6.68. The molecule has 1 aromatic carbocycles. The number of ether oxygens (including phenoxy) is 2. The summed E-state index contributed by atoms with van der Waals surface area (Å²) >= 11 is 0. The van der Waals surface area contributed by atoms with Crippen molar-refractivity contribution in [3.8, 4) is 5.75 Å². The molecule has 0 aliphatic rings. The van der Waals surface area contributed by atoms with Crippen LogP contribution in [0.3, 0.4) is 0 Å². The molecule has 0 aromatic heterocycles. The first-order valence-corrected chi connectivity index (χ1v) is 6.38. The Bertz CT molecular complexity index is 412. The topological polar surface area (TPSA) is 47.6 Å². The molecule has 1 aromatic rings. The van der Waals surface area contributed by atoms with Gasteiger partial charge in [-0.2, -0.15) is 0 Å². The van der Waals surface area contributed by atoms with Gasteiger partial charge in [0.05, 0.1) is 13.7 Å². The van der Waals surface area contributed by atoms with Crippen LogP contribution in [0, 0.1) is 0 Å². The van der Waals surface area contributed by atoms with Gasteiger partial charge in [-0.05, 0) is 31.5 Å². The van der Waals surface area contributed by atoms with Crippen molar-refractivity contribution in [2.24, 2.45) is 0 Å². The van der Waals surface area contributed by atoms with Crippen molar-refractivity contribution >= 4 is 5.97 Å². The monoisotopic (exact) mass is 263 g/mol. The van der Waals surface area contributed by atoms with E-state index in [1.54, 1.807) is 20.1 Å². The lowest BCUT2D eigenvalue weighted by atomic mass is 10.1. The number of hydrogen-bond acceptors (Lipinski definition) is 4. The van der Waals surface area contributed by atoms with Crippen LogP contribution in [-0.4, -0.2) is 26.2 Å². The molecule has 0 bridgehead atoms. The number of rotatable bonds is 7. The van der Waals surface area contributed by atoms with Crippen LogP contribution in [0.4, 0.5) is 0 Å². The third kappa shape index (κ3) is 5.57. The number of methoxy groups -OCH3 is 1. The van der Waals surface area contributed by atoms with E-state index in [1.807, 2.05) is 24.3 Å². The molecular formula is C15H21NO3. The van der Waals surface area contributed by atoms with Crippen LogP contribution in [0.1, 0.15) is 25.5 Å². The number of benzene rings is 1. The van der Waals surface area contributed by atoms with Gasteiger partial charge in [0, 0.05) is 18.7 Å². The molecule has 0 saturated heterocycles. The molecule has 0 unspecified atom stereocenters. The van der Waals surface area contributed by atoms with Crippen LogP contribution in [0.25, 0.3) is 0 Å². The van der Waals surface area contributed by atoms with E-state index in [0.717, 1.165) is 5.75 Å². The average molecular weight is 263 g/mol. The number of hydrogen-bond donors (Lipinski definition) is 1. The fourth-order valence-corrected chi connectivity index (χ4v) is 1.60. The molecule has 0 aliphatic heterocycles. The first-order chi connectivity index (χ1) is 9.17. The minimum Gasteiger partial charge on any atom is -0.497 e. The molecule has 104 valence electrons. The van der Waals surface area contributed by atoms with Gasteiger partial charge < -0.3 is 14.8 Å². The molecule has 4 nitrogen and oxygen atoms in total. The predicted molar refractivity (Wildman–Crippen MR) is 75.2 cm³/mol. The van der Waals surface area contributed by atoms with Crippen molar-refractivity contribution in [2.75, 3.05) is 20.3 Å². The molecule has 4 heteroatoms. The summed E-state index contributed by atoms with van der Waals surface area (Å²) in [5.74, 6) is 0.541. The smallest absolute Gasteiger partial charge is 0.330 e. The summed E-state index contributed by atoms with van der Waals surface area (Å²) in [5, 5.41) is 3.30. The van der Waals surface area contributed by atoms with Crippen LogP contribution >= 0.6 is 0 Å². The van der Waals surface area contributed by atoms with Gasteiger partial charge >= 0.3 is 5.97 Å². The first kappa shape index (κ1) is 15.2. The highest BCUT2D eigenvalue weighted by Gasteiger charge is 2.03. The molecule has 0 spiro atoms. The summed E-state index contributed by atoms with van der Waals surface area (Å²) in [6.07, 6.45) is 3.20. The quantitative estimate of drug-likeness (QED) is 0.606. The summed E-state index contributed by atoms with van der Waals surface area (Å²) in [7, 11) is 1.65. The number of nitrogens with one attached hydrogen (secondary N) is 1. The molecule has 19 heavy (non-hydrogen) atoms. The van der Waals surface area contributed by atoms with Crippen molar-refractivity contribution < 1.29 is 14.3 Å². The maximum Gasteiger partial charge on any atom is 0.330 e. The SMILES string of the molecule is CCOC(=O)/C=C/CN[C@H](C)c1ccc(OC)cc1. The fourth-order valence-electron chi connectivity index (χ4n) is 1.60. The maximum atomic E-state index is 11.1. The normalized spacial score (nSPS) is 12.4. The molecule has 0 saturated carbocycles. The highest BCUT2D eigenvalue weighted by Crippen LogP contribution is 2.16. The van der Waals surface area contributed by atoms with Crippen LogP contribution in [0.2, 0.25) is 0 Å². The van der Waals surface area contributed by atoms with Crippen LogP contribution in [-0.2, 0) is 9.53 Å². The zero-order valence-electron chi connectivity index (χ0n) is 11.7. The molecule has 1 N–H and O–H groups in total. The maximum absolute atomic E-state index is 11.1. The Labute approximate surface area is 114 Å². The lowest BCUT2D eigenvalue weighted by Crippen LogP contribution is -2.18. The number of carbonyl (C=O) groups is 1. The molecular weight excluding hydrogens is 242 g/mol. The van der Waals surface area contributed by atoms with Gasteiger partial charge in [-0.15, -0.1) is 0 Å². The third-order valence-electron chi connectivity index (χ3n) is 2.70. The minimum atomic E-state index is -0.304. The standard InChI is InChI=1S/C15H21NO3/c1-4-19-15(17)6-5-11-16-12(2)13-7-9-14(18-3)10-8-13/h5-10,12,16H,4,11H2,1-3H3/b6-5+/t12-/m1/s1. The summed E-state index contributed by atoms with van der Waals surface area (Å²) in [5.41, 5.74) is 1.17. The largest absolute Gasteiger partial charge is 0.497 e. The Balaban J connectivity index is 2.38. The molecule has 0 heterocycles. The summed E-state index contributed by atoms with van der Waals surface area (Å²) in [6, 6.07) is 8.11. The minimum absolute atomic E-state index is 0.206. The second-order valence-corrected chi connectivity index (χ2v) is 4.06. The van der Waals surface area contributed by atoms with Crippen LogP contribution in [0.5, 0.6) is 5.75 Å². The van der Waals surface area contributed by atoms with Crippen molar-refractivity contribution in [3.63, 3.8) is 0 Å². The summed E-state index contributed by atoms with van der Waals surface area (Å²) in [4.78, 5) is 11.1. The average Bonchev–Trinajstić information content (AvgIpc) is 2.44. The van der Waals surface area contributed by atoms with E-state index in [2.05, 4.69) is 12.2 Å². The van der Waals surface area contributed by atoms with Gasteiger partial charge in [-0.1, -0.05) is 18.2 Å². The number of carbonyl (C=O) groups excluding carboxylic acids is 1. The first-order valence-electron chi connectivity index (χ1n) is 6.38. The van der Waals surface area contributed by atoms with Gasteiger partial charge in [-0.3, -0.25) is 0 Å². The van der Waals surface area contributed by atoms with Gasteiger partial charge in [0.2, 0.25) is 0 Å². The molecule has 0 fully saturated rings. The Morgan fingerprint density at radius 3 is 2.63 bits per heavy atom. The molecule has 1 rings (SSSR count). The number of esters is 1. The Hall–Kier alpha value is -1.81. The van der Waals surface area contributed by atoms with Crippen molar-refractivity contribution in [1.82, 2.24) is 5.32 Å². The lowest BCUT2D eigenvalue weighted by molar-refractivity contribution is -0.137. The van der Waals surface area contributed by atoms with E-state index in [-0.39, 0.29) is 12.0 Å². The van der Waals surface area contributed by atoms with Gasteiger partial charge in [0.25, 0.3) is 0 Å². The van der Waals surface area contributed by atoms with Gasteiger partial charge in [0.15, 0.2) is 0 Å². The van der Waals surface area contributed by atoms with E-state index in [4.69, 9.17) is 9.47 Å². The van der Waals surface area contributed by atoms with E-state index >= 15 is 0 Å². The van der Waals surface area contributed by atoms with Crippen molar-refractivity contribution in [2.45, 2.75) is 19.9 Å². The second kappa shape index (κ2) is 8.32. The van der Waals surface area contributed by atoms with E-state index < -0.39 is 0 Å². The highest BCUT2D eigenvalue weighted by atomic mass is 16.5. The zero-order valence-corrected chi connectivity index (χ0v) is 11.7. The Morgan fingerprint density at radius 2 is 2.05 bits per heavy atom. The van der Waals surface area contributed by atoms with Gasteiger partial charge in [0.1, 0.15) is 5.75 Å². The second-order valence-electron chi connectivity index (χ2n) is 4.06. The fraction of sp³-hybridized carbons (Fsp3) is 0.400. The zero-order chi connectivity index (χ0) is 14.1. The van der Waals surface area contributed by atoms with Crippen LogP contribution < -0.4 is 10.1 Å². The van der Waals surface area contributed by atoms with Crippen molar-refractivity contribution in [1.29, 1.82) is 0 Å². The van der Waals surface area contributed by atoms with E-state index in [0.29, 0.717) is 13.2 Å². The summed E-state index contributed by atoms with van der Waals surface area (Å²) in [6.45, 7) is 4.88. The van der Waals surface area contributed by atoms with Crippen LogP contribution in [0.15, 0.2) is 36.4 Å². The van der Waals surface area contributed by atoms with Gasteiger partial charge in [-0.25, -0.2) is 4.79 Å². The lowest BCUT2D eigenvalue weighted by Gasteiger charge is -2.13. The molecule has 1 atom stereocenters. The third-order valence-corrected chi connectivity index (χ3v) is 2.70. The summed E-state index contributed by atoms with van der Waals surface area (Å²) < 4.78 is 9.91. The Morgan fingerprint density at radius 1 is 1.37 bits per heavy atom. The molecule has 0 aliphatic carbocycles. The van der Waals surface area contributed by atoms with E-state index in [1.165, 1.54) is 11.6 Å². The molecule has 0 radical (unpaired) electrons. The highest BCUT2D eigenvalue weighted by molar-refractivity contribution is 5.81.